The minimum Gasteiger partial charge on any atom is -0.398 e. The molecule has 96 valence electrons. The van der Waals surface area contributed by atoms with E-state index in [1.54, 1.807) is 6.20 Å². The van der Waals surface area contributed by atoms with Gasteiger partial charge in [-0.25, -0.2) is 0 Å². The highest BCUT2D eigenvalue weighted by molar-refractivity contribution is 5.44. The standard InChI is InChI=1S/C13H23N3O/c1-3-6-16-12(10-17-4-2)8-11-9-15-7-5-13(11)14/h5,7,9,12,16H,3-4,6,8,10H2,1-2H3,(H2,14,15). The molecular weight excluding hydrogens is 214 g/mol. The van der Waals surface area contributed by atoms with E-state index in [0.717, 1.165) is 37.2 Å². The molecule has 0 aliphatic carbocycles. The molecule has 0 aliphatic heterocycles. The van der Waals surface area contributed by atoms with Crippen molar-refractivity contribution < 1.29 is 4.74 Å². The summed E-state index contributed by atoms with van der Waals surface area (Å²) in [6, 6.07) is 2.15. The van der Waals surface area contributed by atoms with Crippen molar-refractivity contribution in [3.05, 3.63) is 24.0 Å². The fourth-order valence-corrected chi connectivity index (χ4v) is 1.67. The van der Waals surface area contributed by atoms with E-state index >= 15 is 0 Å². The molecule has 1 unspecified atom stereocenters. The molecule has 0 saturated carbocycles. The van der Waals surface area contributed by atoms with Crippen molar-refractivity contribution in [2.45, 2.75) is 32.7 Å². The normalized spacial score (nSPS) is 12.6. The van der Waals surface area contributed by atoms with Crippen LogP contribution < -0.4 is 11.1 Å². The molecule has 1 aromatic rings. The molecule has 0 saturated heterocycles. The van der Waals surface area contributed by atoms with Crippen LogP contribution in [0, 0.1) is 0 Å². The summed E-state index contributed by atoms with van der Waals surface area (Å²) in [6.07, 6.45) is 5.53. The van der Waals surface area contributed by atoms with Crippen LogP contribution in [0.4, 0.5) is 5.69 Å². The van der Waals surface area contributed by atoms with Crippen LogP contribution in [-0.2, 0) is 11.2 Å². The second kappa shape index (κ2) is 8.03. The maximum absolute atomic E-state index is 5.92. The van der Waals surface area contributed by atoms with Gasteiger partial charge >= 0.3 is 0 Å². The molecule has 0 aliphatic rings. The Hall–Kier alpha value is -1.13. The lowest BCUT2D eigenvalue weighted by Gasteiger charge is -2.19. The van der Waals surface area contributed by atoms with Crippen LogP contribution in [0.5, 0.6) is 0 Å². The summed E-state index contributed by atoms with van der Waals surface area (Å²) in [4.78, 5) is 4.11. The summed E-state index contributed by atoms with van der Waals surface area (Å²) in [7, 11) is 0. The zero-order valence-electron chi connectivity index (χ0n) is 10.8. The molecule has 4 heteroatoms. The van der Waals surface area contributed by atoms with Crippen LogP contribution >= 0.6 is 0 Å². The van der Waals surface area contributed by atoms with Gasteiger partial charge in [0.05, 0.1) is 6.61 Å². The van der Waals surface area contributed by atoms with Gasteiger partial charge in [0.1, 0.15) is 0 Å². The Labute approximate surface area is 104 Å². The predicted octanol–water partition coefficient (Wildman–Crippen LogP) is 1.61. The van der Waals surface area contributed by atoms with Crippen LogP contribution in [0.3, 0.4) is 0 Å². The average molecular weight is 237 g/mol. The van der Waals surface area contributed by atoms with Crippen molar-refractivity contribution in [3.8, 4) is 0 Å². The monoisotopic (exact) mass is 237 g/mol. The number of hydrogen-bond donors (Lipinski definition) is 2. The van der Waals surface area contributed by atoms with E-state index in [0.29, 0.717) is 12.6 Å². The van der Waals surface area contributed by atoms with Crippen molar-refractivity contribution in [2.75, 3.05) is 25.5 Å². The van der Waals surface area contributed by atoms with Gasteiger partial charge in [0.2, 0.25) is 0 Å². The quantitative estimate of drug-likeness (QED) is 0.721. The number of ether oxygens (including phenoxy) is 1. The average Bonchev–Trinajstić information content (AvgIpc) is 2.35. The molecular formula is C13H23N3O. The second-order valence-corrected chi connectivity index (χ2v) is 4.09. The Kier molecular flexibility index (Phi) is 6.58. The summed E-state index contributed by atoms with van der Waals surface area (Å²) in [5, 5.41) is 3.47. The molecule has 1 rings (SSSR count). The maximum atomic E-state index is 5.92. The molecule has 0 radical (unpaired) electrons. The van der Waals surface area contributed by atoms with E-state index in [4.69, 9.17) is 10.5 Å². The molecule has 0 amide bonds. The van der Waals surface area contributed by atoms with Crippen LogP contribution in [0.25, 0.3) is 0 Å². The third-order valence-corrected chi connectivity index (χ3v) is 2.61. The van der Waals surface area contributed by atoms with E-state index in [1.807, 2.05) is 19.2 Å². The topological polar surface area (TPSA) is 60.2 Å². The highest BCUT2D eigenvalue weighted by Crippen LogP contribution is 2.11. The number of nitrogens with zero attached hydrogens (tertiary/aromatic N) is 1. The highest BCUT2D eigenvalue weighted by Gasteiger charge is 2.10. The first-order valence-corrected chi connectivity index (χ1v) is 6.27. The highest BCUT2D eigenvalue weighted by atomic mass is 16.5. The number of nitrogens with one attached hydrogen (secondary N) is 1. The zero-order chi connectivity index (χ0) is 12.5. The number of nitrogens with two attached hydrogens (primary N) is 1. The third kappa shape index (κ3) is 5.15. The number of nitrogen functional groups attached to an aromatic ring is 1. The van der Waals surface area contributed by atoms with Gasteiger partial charge in [0.25, 0.3) is 0 Å². The smallest absolute Gasteiger partial charge is 0.0622 e. The number of pyridine rings is 1. The second-order valence-electron chi connectivity index (χ2n) is 4.09. The van der Waals surface area contributed by atoms with Gasteiger partial charge in [-0.15, -0.1) is 0 Å². The SMILES string of the molecule is CCCNC(COCC)Cc1cnccc1N. The molecule has 0 fully saturated rings. The van der Waals surface area contributed by atoms with Gasteiger partial charge in [-0.1, -0.05) is 6.92 Å². The summed E-state index contributed by atoms with van der Waals surface area (Å²) >= 11 is 0. The van der Waals surface area contributed by atoms with Crippen molar-refractivity contribution in [2.24, 2.45) is 0 Å². The van der Waals surface area contributed by atoms with E-state index in [9.17, 15) is 0 Å². The first kappa shape index (κ1) is 13.9. The minimum absolute atomic E-state index is 0.307. The van der Waals surface area contributed by atoms with Gasteiger partial charge in [-0.3, -0.25) is 4.98 Å². The minimum atomic E-state index is 0.307. The van der Waals surface area contributed by atoms with Crippen molar-refractivity contribution in [3.63, 3.8) is 0 Å². The zero-order valence-corrected chi connectivity index (χ0v) is 10.8. The Bertz CT molecular complexity index is 309. The van der Waals surface area contributed by atoms with Gasteiger partial charge in [-0.2, -0.15) is 0 Å². The lowest BCUT2D eigenvalue weighted by Crippen LogP contribution is -2.36. The van der Waals surface area contributed by atoms with E-state index in [-0.39, 0.29) is 0 Å². The Morgan fingerprint density at radius 1 is 1.47 bits per heavy atom. The lowest BCUT2D eigenvalue weighted by molar-refractivity contribution is 0.122. The van der Waals surface area contributed by atoms with Crippen molar-refractivity contribution in [1.82, 2.24) is 10.3 Å². The molecule has 0 aromatic carbocycles. The van der Waals surface area contributed by atoms with Gasteiger partial charge in [0, 0.05) is 30.7 Å². The van der Waals surface area contributed by atoms with Gasteiger partial charge < -0.3 is 15.8 Å². The first-order chi connectivity index (χ1) is 8.27. The molecule has 0 bridgehead atoms. The van der Waals surface area contributed by atoms with Crippen LogP contribution in [0.2, 0.25) is 0 Å². The predicted molar refractivity (Wildman–Crippen MR) is 70.9 cm³/mol. The summed E-state index contributed by atoms with van der Waals surface area (Å²) in [5.74, 6) is 0. The lowest BCUT2D eigenvalue weighted by atomic mass is 10.1. The first-order valence-electron chi connectivity index (χ1n) is 6.27. The van der Waals surface area contributed by atoms with Crippen LogP contribution in [0.15, 0.2) is 18.5 Å². The van der Waals surface area contributed by atoms with Gasteiger partial charge in [-0.05, 0) is 37.9 Å². The Morgan fingerprint density at radius 3 is 2.94 bits per heavy atom. The Morgan fingerprint density at radius 2 is 2.29 bits per heavy atom. The Balaban J connectivity index is 2.55. The number of aromatic nitrogens is 1. The number of hydrogen-bond acceptors (Lipinski definition) is 4. The maximum Gasteiger partial charge on any atom is 0.0622 e. The molecule has 17 heavy (non-hydrogen) atoms. The third-order valence-electron chi connectivity index (χ3n) is 2.61. The molecule has 4 nitrogen and oxygen atoms in total. The van der Waals surface area contributed by atoms with Crippen LogP contribution in [-0.4, -0.2) is 30.8 Å². The number of rotatable bonds is 8. The van der Waals surface area contributed by atoms with E-state index < -0.39 is 0 Å². The fourth-order valence-electron chi connectivity index (χ4n) is 1.67. The van der Waals surface area contributed by atoms with Crippen LogP contribution in [0.1, 0.15) is 25.8 Å². The summed E-state index contributed by atoms with van der Waals surface area (Å²) in [5.41, 5.74) is 7.81. The van der Waals surface area contributed by atoms with Crippen molar-refractivity contribution in [1.29, 1.82) is 0 Å². The largest absolute Gasteiger partial charge is 0.398 e. The molecule has 1 atom stereocenters. The number of anilines is 1. The molecule has 0 spiro atoms. The summed E-state index contributed by atoms with van der Waals surface area (Å²) < 4.78 is 5.48. The van der Waals surface area contributed by atoms with E-state index in [2.05, 4.69) is 17.2 Å². The molecule has 3 N–H and O–H groups in total. The summed E-state index contributed by atoms with van der Waals surface area (Å²) in [6.45, 7) is 6.62. The van der Waals surface area contributed by atoms with E-state index in [1.165, 1.54) is 0 Å². The molecule has 1 aromatic heterocycles. The van der Waals surface area contributed by atoms with Gasteiger partial charge in [0.15, 0.2) is 0 Å². The van der Waals surface area contributed by atoms with Crippen molar-refractivity contribution >= 4 is 5.69 Å². The fraction of sp³-hybridized carbons (Fsp3) is 0.615. The molecule has 1 heterocycles.